The zero-order valence-corrected chi connectivity index (χ0v) is 14.0. The van der Waals surface area contributed by atoms with Crippen LogP contribution in [0.15, 0.2) is 29.8 Å². The van der Waals surface area contributed by atoms with Gasteiger partial charge in [-0.05, 0) is 25.0 Å². The highest BCUT2D eigenvalue weighted by molar-refractivity contribution is 7.13. The highest BCUT2D eigenvalue weighted by atomic mass is 32.1. The summed E-state index contributed by atoms with van der Waals surface area (Å²) in [6.07, 6.45) is 1.45. The van der Waals surface area contributed by atoms with E-state index >= 15 is 0 Å². The van der Waals surface area contributed by atoms with Crippen molar-refractivity contribution in [2.45, 2.75) is 20.0 Å². The van der Waals surface area contributed by atoms with E-state index in [1.54, 1.807) is 11.3 Å². The second-order valence-electron chi connectivity index (χ2n) is 5.98. The van der Waals surface area contributed by atoms with Gasteiger partial charge in [-0.2, -0.15) is 0 Å². The van der Waals surface area contributed by atoms with Gasteiger partial charge in [0.25, 0.3) is 0 Å². The van der Waals surface area contributed by atoms with Crippen molar-refractivity contribution in [2.75, 3.05) is 37.6 Å². The third-order valence-electron chi connectivity index (χ3n) is 4.29. The number of aryl methyl sites for hydroxylation is 2. The van der Waals surface area contributed by atoms with Crippen molar-refractivity contribution in [3.63, 3.8) is 0 Å². The number of hydrogen-bond acceptors (Lipinski definition) is 5. The molecule has 1 atom stereocenters. The SMILES string of the molecule is Cc1ccc(C)c([C@H](O)CN2CCN(c3nccs3)CC2)c1. The number of piperazine rings is 1. The maximum Gasteiger partial charge on any atom is 0.185 e. The van der Waals surface area contributed by atoms with Crippen LogP contribution in [0.1, 0.15) is 22.8 Å². The first-order valence-electron chi connectivity index (χ1n) is 7.75. The van der Waals surface area contributed by atoms with Crippen LogP contribution in [0.3, 0.4) is 0 Å². The van der Waals surface area contributed by atoms with Crippen molar-refractivity contribution in [1.29, 1.82) is 0 Å². The molecule has 1 aromatic heterocycles. The van der Waals surface area contributed by atoms with E-state index in [9.17, 15) is 5.11 Å². The molecule has 1 aliphatic rings. The minimum Gasteiger partial charge on any atom is -0.387 e. The molecule has 1 aromatic carbocycles. The summed E-state index contributed by atoms with van der Waals surface area (Å²) in [4.78, 5) is 9.04. The summed E-state index contributed by atoms with van der Waals surface area (Å²) in [6.45, 7) is 8.75. The maximum atomic E-state index is 10.6. The Morgan fingerprint density at radius 3 is 2.68 bits per heavy atom. The molecule has 22 heavy (non-hydrogen) atoms. The van der Waals surface area contributed by atoms with Gasteiger partial charge in [0.05, 0.1) is 6.10 Å². The Hall–Kier alpha value is -1.43. The minimum atomic E-state index is -0.411. The lowest BCUT2D eigenvalue weighted by molar-refractivity contribution is 0.109. The summed E-state index contributed by atoms with van der Waals surface area (Å²) in [6, 6.07) is 6.29. The van der Waals surface area contributed by atoms with E-state index in [2.05, 4.69) is 46.8 Å². The van der Waals surface area contributed by atoms with Crippen LogP contribution in [0, 0.1) is 13.8 Å². The number of thiazole rings is 1. The molecule has 2 heterocycles. The Morgan fingerprint density at radius 1 is 1.23 bits per heavy atom. The lowest BCUT2D eigenvalue weighted by Crippen LogP contribution is -2.47. The Kier molecular flexibility index (Phi) is 4.76. The number of rotatable bonds is 4. The highest BCUT2D eigenvalue weighted by Gasteiger charge is 2.21. The van der Waals surface area contributed by atoms with Crippen LogP contribution in [0.4, 0.5) is 5.13 Å². The predicted octanol–water partition coefficient (Wildman–Crippen LogP) is 2.62. The monoisotopic (exact) mass is 317 g/mol. The number of aliphatic hydroxyl groups is 1. The van der Waals surface area contributed by atoms with Gasteiger partial charge in [-0.1, -0.05) is 23.8 Å². The molecule has 118 valence electrons. The molecule has 1 N–H and O–H groups in total. The van der Waals surface area contributed by atoms with Crippen LogP contribution in [0.2, 0.25) is 0 Å². The van der Waals surface area contributed by atoms with Crippen LogP contribution in [-0.4, -0.2) is 47.7 Å². The molecule has 1 saturated heterocycles. The average molecular weight is 317 g/mol. The molecule has 0 aliphatic carbocycles. The van der Waals surface area contributed by atoms with E-state index < -0.39 is 6.10 Å². The summed E-state index contributed by atoms with van der Waals surface area (Å²) >= 11 is 1.69. The second kappa shape index (κ2) is 6.77. The molecule has 0 bridgehead atoms. The van der Waals surface area contributed by atoms with Gasteiger partial charge < -0.3 is 10.0 Å². The van der Waals surface area contributed by atoms with Crippen molar-refractivity contribution >= 4 is 16.5 Å². The van der Waals surface area contributed by atoms with Gasteiger partial charge in [-0.15, -0.1) is 11.3 Å². The van der Waals surface area contributed by atoms with Crippen LogP contribution in [0.25, 0.3) is 0 Å². The quantitative estimate of drug-likeness (QED) is 0.941. The van der Waals surface area contributed by atoms with Crippen LogP contribution < -0.4 is 4.90 Å². The van der Waals surface area contributed by atoms with E-state index in [-0.39, 0.29) is 0 Å². The first-order chi connectivity index (χ1) is 10.6. The van der Waals surface area contributed by atoms with E-state index in [0.717, 1.165) is 36.9 Å². The summed E-state index contributed by atoms with van der Waals surface area (Å²) in [5.41, 5.74) is 3.43. The van der Waals surface area contributed by atoms with Gasteiger partial charge >= 0.3 is 0 Å². The maximum absolute atomic E-state index is 10.6. The standard InChI is InChI=1S/C17H23N3OS/c1-13-3-4-14(2)15(11-13)16(21)12-19-6-8-20(9-7-19)17-18-5-10-22-17/h3-5,10-11,16,21H,6-9,12H2,1-2H3/t16-/m1/s1. The molecule has 5 heteroatoms. The minimum absolute atomic E-state index is 0.411. The summed E-state index contributed by atoms with van der Waals surface area (Å²) < 4.78 is 0. The van der Waals surface area contributed by atoms with Crippen molar-refractivity contribution in [3.8, 4) is 0 Å². The van der Waals surface area contributed by atoms with E-state index in [1.165, 1.54) is 11.1 Å². The van der Waals surface area contributed by atoms with E-state index in [0.29, 0.717) is 6.54 Å². The number of hydrogen-bond donors (Lipinski definition) is 1. The Balaban J connectivity index is 1.57. The predicted molar refractivity (Wildman–Crippen MR) is 91.6 cm³/mol. The third kappa shape index (κ3) is 3.48. The molecule has 0 radical (unpaired) electrons. The first-order valence-corrected chi connectivity index (χ1v) is 8.63. The lowest BCUT2D eigenvalue weighted by Gasteiger charge is -2.35. The molecule has 0 amide bonds. The molecule has 2 aromatic rings. The number of anilines is 1. The largest absolute Gasteiger partial charge is 0.387 e. The number of nitrogens with zero attached hydrogens (tertiary/aromatic N) is 3. The average Bonchev–Trinajstić information content (AvgIpc) is 3.05. The Bertz CT molecular complexity index is 606. The topological polar surface area (TPSA) is 39.6 Å². The van der Waals surface area contributed by atoms with E-state index in [4.69, 9.17) is 0 Å². The zero-order valence-electron chi connectivity index (χ0n) is 13.2. The van der Waals surface area contributed by atoms with Gasteiger partial charge in [-0.3, -0.25) is 4.90 Å². The molecule has 0 saturated carbocycles. The fraction of sp³-hybridized carbons (Fsp3) is 0.471. The van der Waals surface area contributed by atoms with Crippen LogP contribution >= 0.6 is 11.3 Å². The summed E-state index contributed by atoms with van der Waals surface area (Å²) in [5.74, 6) is 0. The molecule has 0 unspecified atom stereocenters. The Labute approximate surface area is 136 Å². The van der Waals surface area contributed by atoms with Gasteiger partial charge in [-0.25, -0.2) is 4.98 Å². The zero-order chi connectivity index (χ0) is 15.5. The number of aliphatic hydroxyl groups excluding tert-OH is 1. The molecular weight excluding hydrogens is 294 g/mol. The molecule has 1 fully saturated rings. The lowest BCUT2D eigenvalue weighted by atomic mass is 10.0. The number of aromatic nitrogens is 1. The van der Waals surface area contributed by atoms with Crippen molar-refractivity contribution in [1.82, 2.24) is 9.88 Å². The Morgan fingerprint density at radius 2 is 2.00 bits per heavy atom. The van der Waals surface area contributed by atoms with Gasteiger partial charge in [0.2, 0.25) is 0 Å². The molecule has 1 aliphatic heterocycles. The smallest absolute Gasteiger partial charge is 0.185 e. The molecule has 4 nitrogen and oxygen atoms in total. The molecule has 0 spiro atoms. The van der Waals surface area contributed by atoms with Crippen LogP contribution in [0.5, 0.6) is 0 Å². The summed E-state index contributed by atoms with van der Waals surface area (Å²) in [7, 11) is 0. The first kappa shape index (κ1) is 15.5. The third-order valence-corrected chi connectivity index (χ3v) is 5.12. The number of benzene rings is 1. The fourth-order valence-corrected chi connectivity index (χ4v) is 3.65. The number of β-amino-alcohol motifs (C(OH)–C–C–N with tert-alkyl or cyclic N) is 1. The fourth-order valence-electron chi connectivity index (χ4n) is 2.96. The van der Waals surface area contributed by atoms with Gasteiger partial charge in [0.15, 0.2) is 5.13 Å². The van der Waals surface area contributed by atoms with Gasteiger partial charge in [0.1, 0.15) is 0 Å². The van der Waals surface area contributed by atoms with Crippen molar-refractivity contribution in [3.05, 3.63) is 46.5 Å². The summed E-state index contributed by atoms with van der Waals surface area (Å²) in [5, 5.41) is 13.7. The van der Waals surface area contributed by atoms with Gasteiger partial charge in [0, 0.05) is 44.3 Å². The van der Waals surface area contributed by atoms with E-state index in [1.807, 2.05) is 11.6 Å². The molecular formula is C17H23N3OS. The highest BCUT2D eigenvalue weighted by Crippen LogP contribution is 2.22. The van der Waals surface area contributed by atoms with Crippen LogP contribution in [-0.2, 0) is 0 Å². The molecule has 3 rings (SSSR count). The normalized spacial score (nSPS) is 17.7. The van der Waals surface area contributed by atoms with Crippen molar-refractivity contribution in [2.24, 2.45) is 0 Å². The second-order valence-corrected chi connectivity index (χ2v) is 6.85. The van der Waals surface area contributed by atoms with Crippen molar-refractivity contribution < 1.29 is 5.11 Å².